The second-order valence-corrected chi connectivity index (χ2v) is 5.54. The van der Waals surface area contributed by atoms with E-state index in [-0.39, 0.29) is 0 Å². The SMILES string of the molecule is CCC1CCCN(CCc2ccc(N)cc2)CC1. The quantitative estimate of drug-likeness (QED) is 0.826. The Hall–Kier alpha value is -1.02. The van der Waals surface area contributed by atoms with E-state index in [0.717, 1.165) is 18.0 Å². The monoisotopic (exact) mass is 246 g/mol. The van der Waals surface area contributed by atoms with Crippen LogP contribution >= 0.6 is 0 Å². The third-order valence-corrected chi connectivity index (χ3v) is 4.21. The number of hydrogen-bond donors (Lipinski definition) is 1. The van der Waals surface area contributed by atoms with Crippen LogP contribution in [0.4, 0.5) is 5.69 Å². The molecular formula is C16H26N2. The van der Waals surface area contributed by atoms with E-state index in [1.807, 2.05) is 12.1 Å². The van der Waals surface area contributed by atoms with Crippen LogP contribution < -0.4 is 5.73 Å². The van der Waals surface area contributed by atoms with E-state index in [9.17, 15) is 0 Å². The summed E-state index contributed by atoms with van der Waals surface area (Å²) in [6.45, 7) is 6.09. The number of nitrogens with zero attached hydrogens (tertiary/aromatic N) is 1. The number of likely N-dealkylation sites (tertiary alicyclic amines) is 1. The molecule has 0 saturated carbocycles. The molecule has 0 aromatic heterocycles. The molecule has 1 fully saturated rings. The molecule has 0 bridgehead atoms. The number of nitrogen functional groups attached to an aromatic ring is 1. The van der Waals surface area contributed by atoms with Crippen LogP contribution in [0.3, 0.4) is 0 Å². The summed E-state index contributed by atoms with van der Waals surface area (Å²) in [5.74, 6) is 0.964. The lowest BCUT2D eigenvalue weighted by molar-refractivity contribution is 0.283. The van der Waals surface area contributed by atoms with Gasteiger partial charge in [-0.05, 0) is 62.4 Å². The van der Waals surface area contributed by atoms with Gasteiger partial charge in [-0.2, -0.15) is 0 Å². The first-order valence-corrected chi connectivity index (χ1v) is 7.34. The summed E-state index contributed by atoms with van der Waals surface area (Å²) in [4.78, 5) is 2.63. The Labute approximate surface area is 111 Å². The van der Waals surface area contributed by atoms with Gasteiger partial charge in [0, 0.05) is 12.2 Å². The molecule has 1 saturated heterocycles. The van der Waals surface area contributed by atoms with Crippen LogP contribution in [0.15, 0.2) is 24.3 Å². The van der Waals surface area contributed by atoms with Crippen molar-refractivity contribution in [2.75, 3.05) is 25.4 Å². The van der Waals surface area contributed by atoms with Crippen LogP contribution in [-0.2, 0) is 6.42 Å². The van der Waals surface area contributed by atoms with Gasteiger partial charge in [-0.15, -0.1) is 0 Å². The van der Waals surface area contributed by atoms with Gasteiger partial charge >= 0.3 is 0 Å². The first-order chi connectivity index (χ1) is 8.78. The highest BCUT2D eigenvalue weighted by atomic mass is 15.1. The van der Waals surface area contributed by atoms with Crippen molar-refractivity contribution in [1.29, 1.82) is 0 Å². The van der Waals surface area contributed by atoms with Gasteiger partial charge in [0.25, 0.3) is 0 Å². The van der Waals surface area contributed by atoms with Crippen LogP contribution in [0, 0.1) is 5.92 Å². The van der Waals surface area contributed by atoms with E-state index in [1.54, 1.807) is 0 Å². The number of anilines is 1. The van der Waals surface area contributed by atoms with Crippen molar-refractivity contribution in [2.45, 2.75) is 39.0 Å². The van der Waals surface area contributed by atoms with Crippen molar-refractivity contribution < 1.29 is 0 Å². The minimum Gasteiger partial charge on any atom is -0.399 e. The molecule has 1 heterocycles. The smallest absolute Gasteiger partial charge is 0.0314 e. The summed E-state index contributed by atoms with van der Waals surface area (Å²) in [5, 5.41) is 0. The molecule has 0 aliphatic carbocycles. The van der Waals surface area contributed by atoms with E-state index >= 15 is 0 Å². The number of hydrogen-bond acceptors (Lipinski definition) is 2. The summed E-state index contributed by atoms with van der Waals surface area (Å²) in [6, 6.07) is 8.32. The Morgan fingerprint density at radius 3 is 2.67 bits per heavy atom. The number of nitrogens with two attached hydrogens (primary N) is 1. The summed E-state index contributed by atoms with van der Waals surface area (Å²) in [5.41, 5.74) is 7.97. The van der Waals surface area contributed by atoms with Gasteiger partial charge in [0.15, 0.2) is 0 Å². The molecule has 100 valence electrons. The minimum absolute atomic E-state index is 0.860. The molecule has 1 aliphatic rings. The summed E-state index contributed by atoms with van der Waals surface area (Å²) in [6.07, 6.45) is 6.69. The van der Waals surface area contributed by atoms with Gasteiger partial charge in [-0.3, -0.25) is 0 Å². The molecule has 18 heavy (non-hydrogen) atoms. The van der Waals surface area contributed by atoms with Crippen LogP contribution in [0.2, 0.25) is 0 Å². The van der Waals surface area contributed by atoms with Gasteiger partial charge in [-0.1, -0.05) is 25.5 Å². The van der Waals surface area contributed by atoms with Crippen molar-refractivity contribution in [3.05, 3.63) is 29.8 Å². The Morgan fingerprint density at radius 2 is 1.94 bits per heavy atom. The standard InChI is InChI=1S/C16H26N2/c1-2-14-4-3-11-18(12-9-14)13-10-15-5-7-16(17)8-6-15/h5-8,14H,2-4,9-13,17H2,1H3. The fourth-order valence-corrected chi connectivity index (χ4v) is 2.83. The van der Waals surface area contributed by atoms with Crippen LogP contribution in [0.1, 0.15) is 38.2 Å². The van der Waals surface area contributed by atoms with Crippen molar-refractivity contribution in [1.82, 2.24) is 4.90 Å². The van der Waals surface area contributed by atoms with Gasteiger partial charge in [0.05, 0.1) is 0 Å². The second kappa shape index (κ2) is 6.79. The molecule has 0 spiro atoms. The van der Waals surface area contributed by atoms with E-state index < -0.39 is 0 Å². The highest BCUT2D eigenvalue weighted by molar-refractivity contribution is 5.39. The van der Waals surface area contributed by atoms with Crippen LogP contribution in [-0.4, -0.2) is 24.5 Å². The van der Waals surface area contributed by atoms with Gasteiger partial charge in [0.1, 0.15) is 0 Å². The lowest BCUT2D eigenvalue weighted by Gasteiger charge is -2.20. The Morgan fingerprint density at radius 1 is 1.17 bits per heavy atom. The first-order valence-electron chi connectivity index (χ1n) is 7.34. The van der Waals surface area contributed by atoms with Crippen molar-refractivity contribution >= 4 is 5.69 Å². The Bertz CT molecular complexity index is 345. The van der Waals surface area contributed by atoms with Crippen molar-refractivity contribution in [3.63, 3.8) is 0 Å². The molecule has 1 aliphatic heterocycles. The molecule has 1 unspecified atom stereocenters. The van der Waals surface area contributed by atoms with Gasteiger partial charge in [0.2, 0.25) is 0 Å². The largest absolute Gasteiger partial charge is 0.399 e. The lowest BCUT2D eigenvalue weighted by atomic mass is 9.98. The average molecular weight is 246 g/mol. The molecular weight excluding hydrogens is 220 g/mol. The molecule has 1 atom stereocenters. The second-order valence-electron chi connectivity index (χ2n) is 5.54. The minimum atomic E-state index is 0.860. The van der Waals surface area contributed by atoms with Gasteiger partial charge in [-0.25, -0.2) is 0 Å². The maximum Gasteiger partial charge on any atom is 0.0314 e. The zero-order chi connectivity index (χ0) is 12.8. The van der Waals surface area contributed by atoms with Crippen molar-refractivity contribution in [3.8, 4) is 0 Å². The first kappa shape index (κ1) is 13.4. The average Bonchev–Trinajstić information content (AvgIpc) is 2.63. The topological polar surface area (TPSA) is 29.3 Å². The molecule has 1 aromatic carbocycles. The summed E-state index contributed by atoms with van der Waals surface area (Å²) in [7, 11) is 0. The third kappa shape index (κ3) is 4.02. The predicted molar refractivity (Wildman–Crippen MR) is 78.6 cm³/mol. The van der Waals surface area contributed by atoms with Crippen LogP contribution in [0.5, 0.6) is 0 Å². The molecule has 2 N–H and O–H groups in total. The summed E-state index contributed by atoms with van der Waals surface area (Å²) >= 11 is 0. The highest BCUT2D eigenvalue weighted by Crippen LogP contribution is 2.20. The number of benzene rings is 1. The molecule has 1 aromatic rings. The third-order valence-electron chi connectivity index (χ3n) is 4.21. The molecule has 2 heteroatoms. The van der Waals surface area contributed by atoms with E-state index in [1.165, 1.54) is 50.9 Å². The fraction of sp³-hybridized carbons (Fsp3) is 0.625. The maximum absolute atomic E-state index is 5.71. The summed E-state index contributed by atoms with van der Waals surface area (Å²) < 4.78 is 0. The van der Waals surface area contributed by atoms with E-state index in [2.05, 4.69) is 24.0 Å². The zero-order valence-corrected chi connectivity index (χ0v) is 11.6. The van der Waals surface area contributed by atoms with Crippen molar-refractivity contribution in [2.24, 2.45) is 5.92 Å². The zero-order valence-electron chi connectivity index (χ0n) is 11.6. The van der Waals surface area contributed by atoms with Gasteiger partial charge < -0.3 is 10.6 Å². The van der Waals surface area contributed by atoms with E-state index in [4.69, 9.17) is 5.73 Å². The lowest BCUT2D eigenvalue weighted by Crippen LogP contribution is -2.27. The molecule has 0 radical (unpaired) electrons. The molecule has 2 nitrogen and oxygen atoms in total. The number of rotatable bonds is 4. The predicted octanol–water partition coefficient (Wildman–Crippen LogP) is 3.32. The Balaban J connectivity index is 1.77. The molecule has 2 rings (SSSR count). The highest BCUT2D eigenvalue weighted by Gasteiger charge is 2.15. The maximum atomic E-state index is 5.71. The normalized spacial score (nSPS) is 21.7. The Kier molecular flexibility index (Phi) is 5.06. The van der Waals surface area contributed by atoms with Crippen LogP contribution in [0.25, 0.3) is 0 Å². The fourth-order valence-electron chi connectivity index (χ4n) is 2.83. The molecule has 0 amide bonds. The van der Waals surface area contributed by atoms with E-state index in [0.29, 0.717) is 0 Å².